The molecule has 0 aromatic heterocycles. The summed E-state index contributed by atoms with van der Waals surface area (Å²) >= 11 is 0. The summed E-state index contributed by atoms with van der Waals surface area (Å²) in [6, 6.07) is 0. The fourth-order valence-corrected chi connectivity index (χ4v) is 0.899. The van der Waals surface area contributed by atoms with Crippen LogP contribution in [0.1, 0.15) is 6.92 Å². The van der Waals surface area contributed by atoms with Gasteiger partial charge in [-0.25, -0.2) is 0 Å². The number of ether oxygens (including phenoxy) is 2. The lowest BCUT2D eigenvalue weighted by Crippen LogP contribution is -2.57. The third kappa shape index (κ3) is 2.01. The SMILES string of the molecule is CC(=O)C1OCC(N)(CO)CO1. The number of aliphatic hydroxyl groups excluding tert-OH is 1. The quantitative estimate of drug-likeness (QED) is 0.541. The van der Waals surface area contributed by atoms with Gasteiger partial charge in [0.2, 0.25) is 6.29 Å². The van der Waals surface area contributed by atoms with Gasteiger partial charge in [0.25, 0.3) is 0 Å². The van der Waals surface area contributed by atoms with Crippen molar-refractivity contribution in [1.29, 1.82) is 0 Å². The van der Waals surface area contributed by atoms with Crippen molar-refractivity contribution in [3.05, 3.63) is 0 Å². The van der Waals surface area contributed by atoms with Crippen molar-refractivity contribution in [2.24, 2.45) is 5.73 Å². The van der Waals surface area contributed by atoms with Gasteiger partial charge in [0.15, 0.2) is 5.78 Å². The Morgan fingerprint density at radius 1 is 1.67 bits per heavy atom. The summed E-state index contributed by atoms with van der Waals surface area (Å²) in [5, 5.41) is 8.81. The summed E-state index contributed by atoms with van der Waals surface area (Å²) in [6.07, 6.45) is -0.812. The lowest BCUT2D eigenvalue weighted by Gasteiger charge is -2.34. The first kappa shape index (κ1) is 9.60. The van der Waals surface area contributed by atoms with E-state index < -0.39 is 11.8 Å². The third-order valence-electron chi connectivity index (χ3n) is 1.69. The Kier molecular flexibility index (Phi) is 2.79. The van der Waals surface area contributed by atoms with Crippen molar-refractivity contribution < 1.29 is 19.4 Å². The molecule has 5 heteroatoms. The van der Waals surface area contributed by atoms with Gasteiger partial charge in [-0.3, -0.25) is 4.79 Å². The number of aliphatic hydroxyl groups is 1. The normalized spacial score (nSPS) is 36.4. The molecule has 1 fully saturated rings. The topological polar surface area (TPSA) is 81.8 Å². The Morgan fingerprint density at radius 3 is 2.50 bits per heavy atom. The molecule has 0 atom stereocenters. The molecule has 1 aliphatic rings. The fraction of sp³-hybridized carbons (Fsp3) is 0.857. The summed E-state index contributed by atoms with van der Waals surface area (Å²) in [4.78, 5) is 10.7. The van der Waals surface area contributed by atoms with E-state index in [-0.39, 0.29) is 25.6 Å². The number of nitrogens with two attached hydrogens (primary N) is 1. The van der Waals surface area contributed by atoms with E-state index in [1.807, 2.05) is 0 Å². The van der Waals surface area contributed by atoms with Gasteiger partial charge in [-0.05, 0) is 6.92 Å². The predicted molar refractivity (Wildman–Crippen MR) is 40.4 cm³/mol. The van der Waals surface area contributed by atoms with Gasteiger partial charge in [0, 0.05) is 0 Å². The molecule has 0 spiro atoms. The van der Waals surface area contributed by atoms with Crippen molar-refractivity contribution in [2.75, 3.05) is 19.8 Å². The number of hydrogen-bond acceptors (Lipinski definition) is 5. The molecule has 0 aromatic rings. The van der Waals surface area contributed by atoms with Crippen LogP contribution in [0.5, 0.6) is 0 Å². The van der Waals surface area contributed by atoms with E-state index in [9.17, 15) is 4.79 Å². The van der Waals surface area contributed by atoms with E-state index in [1.54, 1.807) is 0 Å². The molecule has 1 aliphatic heterocycles. The molecule has 12 heavy (non-hydrogen) atoms. The first-order valence-corrected chi connectivity index (χ1v) is 3.71. The largest absolute Gasteiger partial charge is 0.394 e. The molecule has 0 saturated carbocycles. The maximum absolute atomic E-state index is 10.7. The molecular formula is C7H13NO4. The van der Waals surface area contributed by atoms with E-state index in [4.69, 9.17) is 20.3 Å². The van der Waals surface area contributed by atoms with E-state index in [0.29, 0.717) is 0 Å². The van der Waals surface area contributed by atoms with Gasteiger partial charge in [0.1, 0.15) is 0 Å². The van der Waals surface area contributed by atoms with E-state index in [0.717, 1.165) is 0 Å². The van der Waals surface area contributed by atoms with Crippen LogP contribution >= 0.6 is 0 Å². The fourth-order valence-electron chi connectivity index (χ4n) is 0.899. The predicted octanol–water partition coefficient (Wildman–Crippen LogP) is -1.36. The zero-order chi connectivity index (χ0) is 9.19. The van der Waals surface area contributed by atoms with Crippen LogP contribution in [0.2, 0.25) is 0 Å². The summed E-state index contributed by atoms with van der Waals surface area (Å²) < 4.78 is 9.98. The van der Waals surface area contributed by atoms with E-state index in [1.165, 1.54) is 6.92 Å². The molecule has 1 rings (SSSR count). The molecule has 0 amide bonds. The molecule has 5 nitrogen and oxygen atoms in total. The first-order valence-electron chi connectivity index (χ1n) is 3.71. The minimum atomic E-state index is -0.855. The molecule has 3 N–H and O–H groups in total. The van der Waals surface area contributed by atoms with Gasteiger partial charge in [-0.1, -0.05) is 0 Å². The van der Waals surface area contributed by atoms with Gasteiger partial charge >= 0.3 is 0 Å². The number of carbonyl (C=O) groups excluding carboxylic acids is 1. The van der Waals surface area contributed by atoms with Crippen LogP contribution < -0.4 is 5.73 Å². The van der Waals surface area contributed by atoms with Crippen LogP contribution in [0.4, 0.5) is 0 Å². The highest BCUT2D eigenvalue weighted by Gasteiger charge is 2.34. The minimum absolute atomic E-state index is 0.147. The monoisotopic (exact) mass is 175 g/mol. The molecule has 0 unspecified atom stereocenters. The van der Waals surface area contributed by atoms with Crippen LogP contribution in [0.25, 0.3) is 0 Å². The Balaban J connectivity index is 2.44. The Hall–Kier alpha value is -0.490. The summed E-state index contributed by atoms with van der Waals surface area (Å²) in [6.45, 7) is 1.46. The van der Waals surface area contributed by atoms with E-state index >= 15 is 0 Å². The summed E-state index contributed by atoms with van der Waals surface area (Å²) in [5.41, 5.74) is 4.75. The van der Waals surface area contributed by atoms with Gasteiger partial charge in [0.05, 0.1) is 25.4 Å². The molecule has 0 aliphatic carbocycles. The van der Waals surface area contributed by atoms with Crippen molar-refractivity contribution in [1.82, 2.24) is 0 Å². The minimum Gasteiger partial charge on any atom is -0.394 e. The lowest BCUT2D eigenvalue weighted by atomic mass is 10.0. The lowest BCUT2D eigenvalue weighted by molar-refractivity contribution is -0.209. The molecule has 1 heterocycles. The number of rotatable bonds is 2. The maximum atomic E-state index is 10.7. The van der Waals surface area contributed by atoms with Crippen molar-refractivity contribution in [2.45, 2.75) is 18.8 Å². The standard InChI is InChI=1S/C7H13NO4/c1-5(10)6-11-3-7(8,2-9)4-12-6/h6,9H,2-4,8H2,1H3. The average Bonchev–Trinajstić information content (AvgIpc) is 2.05. The van der Waals surface area contributed by atoms with Gasteiger partial charge in [-0.2, -0.15) is 0 Å². The number of hydrogen-bond donors (Lipinski definition) is 2. The molecule has 1 saturated heterocycles. The van der Waals surface area contributed by atoms with Crippen LogP contribution in [0, 0.1) is 0 Å². The van der Waals surface area contributed by atoms with Gasteiger partial charge in [-0.15, -0.1) is 0 Å². The molecule has 70 valence electrons. The van der Waals surface area contributed by atoms with Crippen molar-refractivity contribution in [3.63, 3.8) is 0 Å². The molecular weight excluding hydrogens is 162 g/mol. The smallest absolute Gasteiger partial charge is 0.217 e. The number of carbonyl (C=O) groups is 1. The highest BCUT2D eigenvalue weighted by molar-refractivity contribution is 5.79. The number of Topliss-reactive ketones (excluding diaryl/α,β-unsaturated/α-hetero) is 1. The van der Waals surface area contributed by atoms with Gasteiger partial charge < -0.3 is 20.3 Å². The Bertz CT molecular complexity index is 174. The third-order valence-corrected chi connectivity index (χ3v) is 1.69. The zero-order valence-corrected chi connectivity index (χ0v) is 6.95. The highest BCUT2D eigenvalue weighted by Crippen LogP contribution is 2.13. The second kappa shape index (κ2) is 3.49. The van der Waals surface area contributed by atoms with E-state index in [2.05, 4.69) is 0 Å². The van der Waals surface area contributed by atoms with Crippen LogP contribution in [0.3, 0.4) is 0 Å². The molecule has 0 bridgehead atoms. The summed E-state index contributed by atoms with van der Waals surface area (Å²) in [7, 11) is 0. The maximum Gasteiger partial charge on any atom is 0.217 e. The molecule has 0 aromatic carbocycles. The first-order chi connectivity index (χ1) is 5.57. The van der Waals surface area contributed by atoms with Crippen molar-refractivity contribution in [3.8, 4) is 0 Å². The average molecular weight is 175 g/mol. The zero-order valence-electron chi connectivity index (χ0n) is 6.95. The van der Waals surface area contributed by atoms with Crippen LogP contribution in [-0.4, -0.2) is 42.5 Å². The highest BCUT2D eigenvalue weighted by atomic mass is 16.7. The van der Waals surface area contributed by atoms with Crippen molar-refractivity contribution >= 4 is 5.78 Å². The molecule has 0 radical (unpaired) electrons. The Labute approximate surface area is 70.4 Å². The van der Waals surface area contributed by atoms with Crippen LogP contribution in [0.15, 0.2) is 0 Å². The van der Waals surface area contributed by atoms with Crippen LogP contribution in [-0.2, 0) is 14.3 Å². The second-order valence-electron chi connectivity index (χ2n) is 3.09. The second-order valence-corrected chi connectivity index (χ2v) is 3.09. The summed E-state index contributed by atoms with van der Waals surface area (Å²) in [5.74, 6) is -0.185. The number of ketones is 1. The Morgan fingerprint density at radius 2 is 2.17 bits per heavy atom.